The number of halogens is 1. The molecule has 0 atom stereocenters. The van der Waals surface area contributed by atoms with Crippen molar-refractivity contribution in [1.29, 1.82) is 0 Å². The van der Waals surface area contributed by atoms with E-state index in [4.69, 9.17) is 0 Å². The zero-order valence-corrected chi connectivity index (χ0v) is 17.3. The highest BCUT2D eigenvalue weighted by atomic mass is 127. The van der Waals surface area contributed by atoms with Crippen molar-refractivity contribution in [3.63, 3.8) is 0 Å². The van der Waals surface area contributed by atoms with E-state index in [1.165, 1.54) is 63.1 Å². The van der Waals surface area contributed by atoms with E-state index in [2.05, 4.69) is 39.2 Å². The first-order valence-corrected chi connectivity index (χ1v) is 9.73. The van der Waals surface area contributed by atoms with Crippen LogP contribution in [-0.2, 0) is 0 Å². The Morgan fingerprint density at radius 3 is 2.45 bits per heavy atom. The van der Waals surface area contributed by atoms with E-state index in [0.717, 1.165) is 19.0 Å². The van der Waals surface area contributed by atoms with Gasteiger partial charge in [-0.2, -0.15) is 11.8 Å². The molecule has 1 aliphatic heterocycles. The average Bonchev–Trinajstić information content (AvgIpc) is 3.02. The van der Waals surface area contributed by atoms with Crippen molar-refractivity contribution < 1.29 is 0 Å². The normalized spacial score (nSPS) is 22.2. The summed E-state index contributed by atoms with van der Waals surface area (Å²) in [6, 6.07) is 0. The van der Waals surface area contributed by atoms with E-state index < -0.39 is 0 Å². The summed E-state index contributed by atoms with van der Waals surface area (Å²) in [7, 11) is 1.88. The van der Waals surface area contributed by atoms with Crippen LogP contribution in [0.2, 0.25) is 0 Å². The fourth-order valence-corrected chi connectivity index (χ4v) is 4.43. The molecule has 130 valence electrons. The second-order valence-corrected chi connectivity index (χ2v) is 7.46. The lowest BCUT2D eigenvalue weighted by molar-refractivity contribution is 0.107. The minimum atomic E-state index is 0. The van der Waals surface area contributed by atoms with Crippen molar-refractivity contribution in [2.75, 3.05) is 44.7 Å². The predicted molar refractivity (Wildman–Crippen MR) is 110 cm³/mol. The highest BCUT2D eigenvalue weighted by Crippen LogP contribution is 2.36. The van der Waals surface area contributed by atoms with Gasteiger partial charge in [0, 0.05) is 50.3 Å². The first-order chi connectivity index (χ1) is 10.3. The smallest absolute Gasteiger partial charge is 0.191 e. The predicted octanol–water partition coefficient (Wildman–Crippen LogP) is 2.93. The van der Waals surface area contributed by atoms with Crippen molar-refractivity contribution in [3.8, 4) is 0 Å². The molecule has 0 amide bonds. The molecule has 1 aliphatic carbocycles. The van der Waals surface area contributed by atoms with Crippen molar-refractivity contribution in [1.82, 2.24) is 15.5 Å². The number of hydrogen-bond acceptors (Lipinski definition) is 3. The van der Waals surface area contributed by atoms with Crippen LogP contribution in [0.1, 0.15) is 45.4 Å². The van der Waals surface area contributed by atoms with Crippen LogP contribution in [0.25, 0.3) is 0 Å². The monoisotopic (exact) mass is 440 g/mol. The summed E-state index contributed by atoms with van der Waals surface area (Å²) >= 11 is 2.10. The molecule has 22 heavy (non-hydrogen) atoms. The summed E-state index contributed by atoms with van der Waals surface area (Å²) in [5, 5.41) is 7.03. The van der Waals surface area contributed by atoms with Crippen LogP contribution >= 0.6 is 35.7 Å². The highest BCUT2D eigenvalue weighted by molar-refractivity contribution is 14.0. The van der Waals surface area contributed by atoms with Gasteiger partial charge in [-0.1, -0.05) is 26.2 Å². The molecule has 0 spiro atoms. The van der Waals surface area contributed by atoms with E-state index >= 15 is 0 Å². The van der Waals surface area contributed by atoms with Gasteiger partial charge in [0.25, 0.3) is 0 Å². The van der Waals surface area contributed by atoms with Gasteiger partial charge in [0.2, 0.25) is 0 Å². The molecule has 2 aliphatic rings. The number of nitrogens with zero attached hydrogens (tertiary/aromatic N) is 2. The number of rotatable bonds is 6. The molecule has 4 nitrogen and oxygen atoms in total. The molecule has 0 aromatic heterocycles. The topological polar surface area (TPSA) is 39.7 Å². The van der Waals surface area contributed by atoms with E-state index in [9.17, 15) is 0 Å². The Balaban J connectivity index is 0.00000242. The molecule has 2 fully saturated rings. The Kier molecular flexibility index (Phi) is 10.1. The number of guanidine groups is 1. The molecule has 1 heterocycles. The summed E-state index contributed by atoms with van der Waals surface area (Å²) in [4.78, 5) is 7.12. The van der Waals surface area contributed by atoms with Gasteiger partial charge in [0.1, 0.15) is 0 Å². The van der Waals surface area contributed by atoms with Crippen LogP contribution in [0.4, 0.5) is 0 Å². The number of hydrogen-bond donors (Lipinski definition) is 2. The van der Waals surface area contributed by atoms with Gasteiger partial charge in [-0.3, -0.25) is 9.89 Å². The van der Waals surface area contributed by atoms with Crippen LogP contribution in [0, 0.1) is 0 Å². The number of aliphatic imine (C=N–C) groups is 1. The van der Waals surface area contributed by atoms with E-state index in [0.29, 0.717) is 5.54 Å². The molecule has 1 saturated heterocycles. The average molecular weight is 440 g/mol. The lowest BCUT2D eigenvalue weighted by Gasteiger charge is -2.43. The Hall–Kier alpha value is 0.310. The Morgan fingerprint density at radius 1 is 1.18 bits per heavy atom. The quantitative estimate of drug-likeness (QED) is 0.289. The molecule has 0 radical (unpaired) electrons. The Labute approximate surface area is 157 Å². The van der Waals surface area contributed by atoms with Gasteiger partial charge in [0.05, 0.1) is 0 Å². The first-order valence-electron chi connectivity index (χ1n) is 8.58. The summed E-state index contributed by atoms with van der Waals surface area (Å²) in [5.41, 5.74) is 0.378. The molecular weight excluding hydrogens is 407 g/mol. The Morgan fingerprint density at radius 2 is 1.86 bits per heavy atom. The summed E-state index contributed by atoms with van der Waals surface area (Å²) in [5.74, 6) is 3.57. The van der Waals surface area contributed by atoms with Crippen molar-refractivity contribution in [2.45, 2.75) is 51.0 Å². The van der Waals surface area contributed by atoms with Crippen LogP contribution < -0.4 is 10.6 Å². The van der Waals surface area contributed by atoms with Crippen molar-refractivity contribution in [3.05, 3.63) is 0 Å². The minimum Gasteiger partial charge on any atom is -0.356 e. The van der Waals surface area contributed by atoms with Crippen molar-refractivity contribution >= 4 is 41.7 Å². The van der Waals surface area contributed by atoms with E-state index in [-0.39, 0.29) is 24.0 Å². The molecule has 0 unspecified atom stereocenters. The lowest BCUT2D eigenvalue weighted by Crippen LogP contribution is -2.57. The molecular formula is C16H33IN4S. The summed E-state index contributed by atoms with van der Waals surface area (Å²) in [6.45, 7) is 6.80. The third-order valence-corrected chi connectivity index (χ3v) is 5.79. The largest absolute Gasteiger partial charge is 0.356 e. The molecule has 1 saturated carbocycles. The molecule has 2 N–H and O–H groups in total. The molecule has 6 heteroatoms. The fraction of sp³-hybridized carbons (Fsp3) is 0.938. The summed E-state index contributed by atoms with van der Waals surface area (Å²) < 4.78 is 0. The van der Waals surface area contributed by atoms with Crippen LogP contribution in [0.15, 0.2) is 4.99 Å². The zero-order valence-electron chi connectivity index (χ0n) is 14.2. The molecule has 0 aromatic carbocycles. The van der Waals surface area contributed by atoms with Gasteiger partial charge in [-0.05, 0) is 19.3 Å². The number of thioether (sulfide) groups is 1. The zero-order chi connectivity index (χ0) is 15.0. The fourth-order valence-electron chi connectivity index (χ4n) is 3.53. The molecule has 0 aromatic rings. The lowest BCUT2D eigenvalue weighted by atomic mass is 9.94. The minimum absolute atomic E-state index is 0. The summed E-state index contributed by atoms with van der Waals surface area (Å²) in [6.07, 6.45) is 7.88. The van der Waals surface area contributed by atoms with Crippen LogP contribution in [0.5, 0.6) is 0 Å². The SMILES string of the molecule is CCCCNC(=NC)NCC1(N2CCSCC2)CCCC1.I. The number of nitrogens with one attached hydrogen (secondary N) is 2. The van der Waals surface area contributed by atoms with Gasteiger partial charge >= 0.3 is 0 Å². The Bertz CT molecular complexity index is 326. The molecule has 2 rings (SSSR count). The second kappa shape index (κ2) is 11.0. The maximum Gasteiger partial charge on any atom is 0.191 e. The van der Waals surface area contributed by atoms with Crippen LogP contribution in [-0.4, -0.2) is 61.1 Å². The van der Waals surface area contributed by atoms with Gasteiger partial charge in [0.15, 0.2) is 5.96 Å². The standard InChI is InChI=1S/C16H32N4S.HI/c1-3-4-9-18-15(17-2)19-14-16(7-5-6-8-16)20-10-12-21-13-11-20;/h3-14H2,1-2H3,(H2,17,18,19);1H. The van der Waals surface area contributed by atoms with Gasteiger partial charge in [-0.25, -0.2) is 0 Å². The highest BCUT2D eigenvalue weighted by Gasteiger charge is 2.39. The van der Waals surface area contributed by atoms with Crippen LogP contribution in [0.3, 0.4) is 0 Å². The van der Waals surface area contributed by atoms with Crippen molar-refractivity contribution in [2.24, 2.45) is 4.99 Å². The van der Waals surface area contributed by atoms with E-state index in [1.54, 1.807) is 0 Å². The maximum absolute atomic E-state index is 4.37. The van der Waals surface area contributed by atoms with E-state index in [1.807, 2.05) is 7.05 Å². The van der Waals surface area contributed by atoms with Gasteiger partial charge in [-0.15, -0.1) is 24.0 Å². The maximum atomic E-state index is 4.37. The third-order valence-electron chi connectivity index (χ3n) is 4.85. The molecule has 0 bridgehead atoms. The number of unbranched alkanes of at least 4 members (excludes halogenated alkanes) is 1. The second-order valence-electron chi connectivity index (χ2n) is 6.24. The first kappa shape index (κ1) is 20.4. The third kappa shape index (κ3) is 5.74. The van der Waals surface area contributed by atoms with Gasteiger partial charge < -0.3 is 10.6 Å².